The molecule has 0 radical (unpaired) electrons. The zero-order chi connectivity index (χ0) is 23.9. The van der Waals surface area contributed by atoms with Crippen LogP contribution in [0.5, 0.6) is 0 Å². The number of anilines is 1. The minimum Gasteiger partial charge on any atom is -0.340 e. The van der Waals surface area contributed by atoms with Gasteiger partial charge in [0.05, 0.1) is 12.4 Å². The van der Waals surface area contributed by atoms with Crippen LogP contribution in [0.15, 0.2) is 84.8 Å². The maximum atomic E-state index is 13.2. The number of hydrogen-bond donors (Lipinski definition) is 2. The second-order valence-electron chi connectivity index (χ2n) is 8.42. The summed E-state index contributed by atoms with van der Waals surface area (Å²) in [6, 6.07) is 19.2. The van der Waals surface area contributed by atoms with Crippen molar-refractivity contribution in [3.05, 3.63) is 106 Å². The fourth-order valence-corrected chi connectivity index (χ4v) is 4.48. The number of aromatic nitrogens is 2. The van der Waals surface area contributed by atoms with Crippen molar-refractivity contribution in [2.75, 3.05) is 5.32 Å². The number of benzene rings is 2. The monoisotopic (exact) mass is 472 g/mol. The number of rotatable bonds is 9. The minimum absolute atomic E-state index is 0.118. The number of nitrogens with one attached hydrogen (secondary N) is 2. The van der Waals surface area contributed by atoms with Crippen LogP contribution in [-0.4, -0.2) is 21.4 Å². The van der Waals surface area contributed by atoms with E-state index in [1.807, 2.05) is 28.3 Å². The van der Waals surface area contributed by atoms with Gasteiger partial charge in [-0.25, -0.2) is 4.98 Å². The van der Waals surface area contributed by atoms with Crippen molar-refractivity contribution in [2.45, 2.75) is 38.8 Å². The molecule has 0 fully saturated rings. The molecule has 0 aliphatic rings. The SMILES string of the molecule is CC(C)c1ccc(C(NC(=O)c2cccc(NC(=O)CCn3ccnc3)c2)c2cccs2)cc1. The standard InChI is InChI=1S/C27H28N4O2S/c1-19(2)20-8-10-21(11-9-20)26(24-7-4-16-34-24)30-27(33)22-5-3-6-23(17-22)29-25(32)12-14-31-15-13-28-18-31/h3-11,13,15-19,26H,12,14H2,1-2H3,(H,29,32)(H,30,33). The third kappa shape index (κ3) is 5.99. The molecular weight excluding hydrogens is 444 g/mol. The summed E-state index contributed by atoms with van der Waals surface area (Å²) >= 11 is 1.61. The van der Waals surface area contributed by atoms with E-state index in [9.17, 15) is 9.59 Å². The zero-order valence-corrected chi connectivity index (χ0v) is 20.1. The molecule has 0 bridgehead atoms. The van der Waals surface area contributed by atoms with Crippen molar-refractivity contribution in [3.8, 4) is 0 Å². The van der Waals surface area contributed by atoms with Gasteiger partial charge >= 0.3 is 0 Å². The zero-order valence-electron chi connectivity index (χ0n) is 19.3. The average Bonchev–Trinajstić information content (AvgIpc) is 3.56. The number of imidazole rings is 1. The molecule has 2 heterocycles. The van der Waals surface area contributed by atoms with Crippen LogP contribution in [-0.2, 0) is 11.3 Å². The van der Waals surface area contributed by atoms with Crippen molar-refractivity contribution in [1.29, 1.82) is 0 Å². The predicted molar refractivity (Wildman–Crippen MR) is 136 cm³/mol. The van der Waals surface area contributed by atoms with Gasteiger partial charge in [0.2, 0.25) is 5.91 Å². The molecule has 6 nitrogen and oxygen atoms in total. The van der Waals surface area contributed by atoms with Crippen LogP contribution < -0.4 is 10.6 Å². The topological polar surface area (TPSA) is 76.0 Å². The molecule has 174 valence electrons. The molecule has 1 atom stereocenters. The largest absolute Gasteiger partial charge is 0.340 e. The van der Waals surface area contributed by atoms with Gasteiger partial charge in [-0.1, -0.05) is 50.2 Å². The van der Waals surface area contributed by atoms with Crippen molar-refractivity contribution < 1.29 is 9.59 Å². The summed E-state index contributed by atoms with van der Waals surface area (Å²) in [5.74, 6) is 0.135. The first kappa shape index (κ1) is 23.4. The Kier molecular flexibility index (Phi) is 7.54. The second kappa shape index (κ2) is 10.9. The molecule has 4 rings (SSSR count). The minimum atomic E-state index is -0.248. The van der Waals surface area contributed by atoms with Gasteiger partial charge in [-0.3, -0.25) is 9.59 Å². The number of thiophene rings is 1. The maximum absolute atomic E-state index is 13.2. The van der Waals surface area contributed by atoms with Crippen molar-refractivity contribution >= 4 is 28.8 Å². The Morgan fingerprint density at radius 2 is 1.82 bits per heavy atom. The van der Waals surface area contributed by atoms with Crippen molar-refractivity contribution in [2.24, 2.45) is 0 Å². The molecule has 2 N–H and O–H groups in total. The van der Waals surface area contributed by atoms with E-state index in [4.69, 9.17) is 0 Å². The highest BCUT2D eigenvalue weighted by Crippen LogP contribution is 2.28. The van der Waals surface area contributed by atoms with Gasteiger partial charge in [-0.15, -0.1) is 11.3 Å². The van der Waals surface area contributed by atoms with Crippen LogP contribution in [0, 0.1) is 0 Å². The number of carbonyl (C=O) groups excluding carboxylic acids is 2. The molecule has 0 spiro atoms. The van der Waals surface area contributed by atoms with E-state index in [1.54, 1.807) is 48.1 Å². The number of amides is 2. The molecule has 1 unspecified atom stereocenters. The molecule has 0 saturated heterocycles. The molecule has 0 saturated carbocycles. The molecule has 0 aliphatic carbocycles. The van der Waals surface area contributed by atoms with Crippen LogP contribution in [0.1, 0.15) is 58.6 Å². The lowest BCUT2D eigenvalue weighted by Gasteiger charge is -2.19. The highest BCUT2D eigenvalue weighted by molar-refractivity contribution is 7.10. The Morgan fingerprint density at radius 1 is 1.03 bits per heavy atom. The van der Waals surface area contributed by atoms with E-state index >= 15 is 0 Å². The number of nitrogens with zero attached hydrogens (tertiary/aromatic N) is 2. The van der Waals surface area contributed by atoms with Crippen LogP contribution in [0.4, 0.5) is 5.69 Å². The predicted octanol–water partition coefficient (Wildman–Crippen LogP) is 5.62. The molecule has 2 amide bonds. The van der Waals surface area contributed by atoms with E-state index in [-0.39, 0.29) is 17.9 Å². The fourth-order valence-electron chi connectivity index (χ4n) is 3.67. The van der Waals surface area contributed by atoms with Crippen LogP contribution in [0.2, 0.25) is 0 Å². The van der Waals surface area contributed by atoms with E-state index in [2.05, 4.69) is 53.7 Å². The number of aryl methyl sites for hydroxylation is 1. The van der Waals surface area contributed by atoms with E-state index in [0.717, 1.165) is 10.4 Å². The molecule has 34 heavy (non-hydrogen) atoms. The number of hydrogen-bond acceptors (Lipinski definition) is 4. The van der Waals surface area contributed by atoms with E-state index in [0.29, 0.717) is 30.1 Å². The highest BCUT2D eigenvalue weighted by Gasteiger charge is 2.19. The lowest BCUT2D eigenvalue weighted by Crippen LogP contribution is -2.29. The summed E-state index contributed by atoms with van der Waals surface area (Å²) in [6.45, 7) is 4.87. The lowest BCUT2D eigenvalue weighted by atomic mass is 9.98. The average molecular weight is 473 g/mol. The van der Waals surface area contributed by atoms with Gasteiger partial charge < -0.3 is 15.2 Å². The third-order valence-electron chi connectivity index (χ3n) is 5.60. The van der Waals surface area contributed by atoms with Gasteiger partial charge in [0.25, 0.3) is 5.91 Å². The number of carbonyl (C=O) groups is 2. The van der Waals surface area contributed by atoms with Crippen molar-refractivity contribution in [3.63, 3.8) is 0 Å². The van der Waals surface area contributed by atoms with Gasteiger partial charge in [-0.2, -0.15) is 0 Å². The summed E-state index contributed by atoms with van der Waals surface area (Å²) in [5.41, 5.74) is 3.38. The molecule has 0 aliphatic heterocycles. The Bertz CT molecular complexity index is 1220. The molecular formula is C27H28N4O2S. The first-order chi connectivity index (χ1) is 16.5. The summed E-state index contributed by atoms with van der Waals surface area (Å²) in [4.78, 5) is 30.6. The Labute approximate surface area is 203 Å². The smallest absolute Gasteiger partial charge is 0.252 e. The van der Waals surface area contributed by atoms with Gasteiger partial charge in [0, 0.05) is 41.5 Å². The van der Waals surface area contributed by atoms with Crippen molar-refractivity contribution in [1.82, 2.24) is 14.9 Å². The molecule has 4 aromatic rings. The van der Waals surface area contributed by atoms with E-state index in [1.165, 1.54) is 5.56 Å². The summed E-state index contributed by atoms with van der Waals surface area (Å²) in [6.07, 6.45) is 5.50. The Hall–Kier alpha value is -3.71. The normalized spacial score (nSPS) is 11.9. The summed E-state index contributed by atoms with van der Waals surface area (Å²) < 4.78 is 1.85. The van der Waals surface area contributed by atoms with E-state index < -0.39 is 0 Å². The summed E-state index contributed by atoms with van der Waals surface area (Å²) in [7, 11) is 0. The first-order valence-electron chi connectivity index (χ1n) is 11.3. The van der Waals surface area contributed by atoms with Crippen LogP contribution in [0.3, 0.4) is 0 Å². The highest BCUT2D eigenvalue weighted by atomic mass is 32.1. The first-order valence-corrected chi connectivity index (χ1v) is 12.2. The van der Waals surface area contributed by atoms with Crippen LogP contribution >= 0.6 is 11.3 Å². The molecule has 2 aromatic heterocycles. The van der Waals surface area contributed by atoms with Gasteiger partial charge in [0.15, 0.2) is 0 Å². The Morgan fingerprint density at radius 3 is 2.50 bits per heavy atom. The molecule has 2 aromatic carbocycles. The third-order valence-corrected chi connectivity index (χ3v) is 6.54. The van der Waals surface area contributed by atoms with Gasteiger partial charge in [0.1, 0.15) is 0 Å². The lowest BCUT2D eigenvalue weighted by molar-refractivity contribution is -0.116. The molecule has 7 heteroatoms. The quantitative estimate of drug-likeness (QED) is 0.332. The summed E-state index contributed by atoms with van der Waals surface area (Å²) in [5, 5.41) is 8.06. The fraction of sp³-hybridized carbons (Fsp3) is 0.222. The van der Waals surface area contributed by atoms with Gasteiger partial charge in [-0.05, 0) is 46.7 Å². The van der Waals surface area contributed by atoms with Crippen LogP contribution in [0.25, 0.3) is 0 Å². The maximum Gasteiger partial charge on any atom is 0.252 e. The second-order valence-corrected chi connectivity index (χ2v) is 9.40. The Balaban J connectivity index is 1.46.